The second kappa shape index (κ2) is 6.00. The van der Waals surface area contributed by atoms with Crippen LogP contribution in [0.15, 0.2) is 0 Å². The van der Waals surface area contributed by atoms with Gasteiger partial charge in [-0.05, 0) is 13.3 Å². The standard InChI is InChI=1S/C9H19NO2/c1-4-8(11)7-10(6-3)9(12)5-2/h8,11H,4-7H2,1-3H3. The number of nitrogens with zero attached hydrogens (tertiary/aromatic N) is 1. The van der Waals surface area contributed by atoms with Crippen LogP contribution in [-0.4, -0.2) is 35.1 Å². The minimum absolute atomic E-state index is 0.116. The fourth-order valence-electron chi connectivity index (χ4n) is 1.01. The Kier molecular flexibility index (Phi) is 5.72. The second-order valence-corrected chi connectivity index (χ2v) is 2.85. The second-order valence-electron chi connectivity index (χ2n) is 2.85. The van der Waals surface area contributed by atoms with E-state index in [2.05, 4.69) is 0 Å². The largest absolute Gasteiger partial charge is 0.391 e. The average Bonchev–Trinajstić information content (AvgIpc) is 2.12. The van der Waals surface area contributed by atoms with E-state index in [-0.39, 0.29) is 12.0 Å². The van der Waals surface area contributed by atoms with Crippen LogP contribution in [0.3, 0.4) is 0 Å². The van der Waals surface area contributed by atoms with Crippen LogP contribution in [0.1, 0.15) is 33.6 Å². The smallest absolute Gasteiger partial charge is 0.222 e. The van der Waals surface area contributed by atoms with Gasteiger partial charge in [-0.1, -0.05) is 13.8 Å². The average molecular weight is 173 g/mol. The first-order chi connectivity index (χ1) is 5.65. The first kappa shape index (κ1) is 11.4. The molecule has 0 aliphatic rings. The summed E-state index contributed by atoms with van der Waals surface area (Å²) in [6.07, 6.45) is 0.845. The maximum atomic E-state index is 11.2. The third-order valence-electron chi connectivity index (χ3n) is 1.94. The van der Waals surface area contributed by atoms with Crippen LogP contribution < -0.4 is 0 Å². The van der Waals surface area contributed by atoms with Crippen molar-refractivity contribution in [1.82, 2.24) is 4.90 Å². The molecule has 0 saturated heterocycles. The Labute approximate surface area is 74.4 Å². The van der Waals surface area contributed by atoms with Gasteiger partial charge in [0.2, 0.25) is 5.91 Å². The van der Waals surface area contributed by atoms with Gasteiger partial charge in [-0.2, -0.15) is 0 Å². The normalized spacial score (nSPS) is 12.7. The molecule has 0 aromatic heterocycles. The van der Waals surface area contributed by atoms with Crippen LogP contribution >= 0.6 is 0 Å². The molecule has 0 aromatic carbocycles. The van der Waals surface area contributed by atoms with Crippen LogP contribution in [0.2, 0.25) is 0 Å². The Bertz CT molecular complexity index is 136. The fourth-order valence-corrected chi connectivity index (χ4v) is 1.01. The van der Waals surface area contributed by atoms with E-state index in [1.54, 1.807) is 4.90 Å². The molecule has 0 saturated carbocycles. The number of aliphatic hydroxyl groups excluding tert-OH is 1. The number of aliphatic hydroxyl groups is 1. The lowest BCUT2D eigenvalue weighted by atomic mass is 10.2. The summed E-state index contributed by atoms with van der Waals surface area (Å²) >= 11 is 0. The monoisotopic (exact) mass is 173 g/mol. The molecule has 1 atom stereocenters. The van der Waals surface area contributed by atoms with E-state index in [0.29, 0.717) is 25.9 Å². The predicted octanol–water partition coefficient (Wildman–Crippen LogP) is 1.02. The van der Waals surface area contributed by atoms with Crippen molar-refractivity contribution < 1.29 is 9.90 Å². The number of carbonyl (C=O) groups excluding carboxylic acids is 1. The summed E-state index contributed by atoms with van der Waals surface area (Å²) in [5.74, 6) is 0.116. The van der Waals surface area contributed by atoms with Crippen LogP contribution in [0.25, 0.3) is 0 Å². The Morgan fingerprint density at radius 2 is 2.00 bits per heavy atom. The Hall–Kier alpha value is -0.570. The summed E-state index contributed by atoms with van der Waals surface area (Å²) in [6, 6.07) is 0. The Morgan fingerprint density at radius 1 is 1.42 bits per heavy atom. The van der Waals surface area contributed by atoms with E-state index in [0.717, 1.165) is 0 Å². The lowest BCUT2D eigenvalue weighted by molar-refractivity contribution is -0.132. The first-order valence-corrected chi connectivity index (χ1v) is 4.61. The van der Waals surface area contributed by atoms with Gasteiger partial charge < -0.3 is 10.0 Å². The molecule has 1 N–H and O–H groups in total. The summed E-state index contributed by atoms with van der Waals surface area (Å²) in [5.41, 5.74) is 0. The lowest BCUT2D eigenvalue weighted by Gasteiger charge is -2.22. The SMILES string of the molecule is CCC(=O)N(CC)CC(O)CC. The Balaban J connectivity index is 3.90. The molecule has 72 valence electrons. The van der Waals surface area contributed by atoms with Gasteiger partial charge in [-0.25, -0.2) is 0 Å². The lowest BCUT2D eigenvalue weighted by Crippen LogP contribution is -2.36. The number of hydrogen-bond acceptors (Lipinski definition) is 2. The molecule has 0 bridgehead atoms. The fraction of sp³-hybridized carbons (Fsp3) is 0.889. The highest BCUT2D eigenvalue weighted by Gasteiger charge is 2.12. The van der Waals surface area contributed by atoms with Crippen LogP contribution in [0, 0.1) is 0 Å². The molecule has 0 spiro atoms. The molecule has 0 heterocycles. The number of rotatable bonds is 5. The van der Waals surface area contributed by atoms with Crippen LogP contribution in [-0.2, 0) is 4.79 Å². The Morgan fingerprint density at radius 3 is 2.33 bits per heavy atom. The summed E-state index contributed by atoms with van der Waals surface area (Å²) < 4.78 is 0. The maximum Gasteiger partial charge on any atom is 0.222 e. The molecule has 1 amide bonds. The van der Waals surface area contributed by atoms with E-state index in [4.69, 9.17) is 0 Å². The van der Waals surface area contributed by atoms with Gasteiger partial charge >= 0.3 is 0 Å². The van der Waals surface area contributed by atoms with Crippen molar-refractivity contribution in [1.29, 1.82) is 0 Å². The minimum atomic E-state index is -0.375. The molecule has 0 fully saturated rings. The number of carbonyl (C=O) groups is 1. The molecule has 3 nitrogen and oxygen atoms in total. The predicted molar refractivity (Wildman–Crippen MR) is 48.8 cm³/mol. The summed E-state index contributed by atoms with van der Waals surface area (Å²) in [6.45, 7) is 6.83. The molecule has 1 unspecified atom stereocenters. The minimum Gasteiger partial charge on any atom is -0.391 e. The molecule has 0 aliphatic heterocycles. The van der Waals surface area contributed by atoms with E-state index in [1.807, 2.05) is 20.8 Å². The van der Waals surface area contributed by atoms with Crippen molar-refractivity contribution in [3.63, 3.8) is 0 Å². The van der Waals surface area contributed by atoms with Crippen LogP contribution in [0.5, 0.6) is 0 Å². The zero-order valence-electron chi connectivity index (χ0n) is 8.21. The van der Waals surface area contributed by atoms with Crippen molar-refractivity contribution in [3.8, 4) is 0 Å². The summed E-state index contributed by atoms with van der Waals surface area (Å²) in [5, 5.41) is 9.31. The van der Waals surface area contributed by atoms with Gasteiger partial charge in [0.25, 0.3) is 0 Å². The van der Waals surface area contributed by atoms with Crippen LogP contribution in [0.4, 0.5) is 0 Å². The van der Waals surface area contributed by atoms with E-state index in [1.165, 1.54) is 0 Å². The third kappa shape index (κ3) is 3.72. The van der Waals surface area contributed by atoms with Gasteiger partial charge in [0.1, 0.15) is 0 Å². The molecular formula is C9H19NO2. The highest BCUT2D eigenvalue weighted by molar-refractivity contribution is 5.75. The summed E-state index contributed by atoms with van der Waals surface area (Å²) in [4.78, 5) is 12.9. The topological polar surface area (TPSA) is 40.5 Å². The number of hydrogen-bond donors (Lipinski definition) is 1. The number of amides is 1. The first-order valence-electron chi connectivity index (χ1n) is 4.61. The van der Waals surface area contributed by atoms with Gasteiger partial charge in [0.15, 0.2) is 0 Å². The third-order valence-corrected chi connectivity index (χ3v) is 1.94. The molecule has 0 aliphatic carbocycles. The van der Waals surface area contributed by atoms with Crippen molar-refractivity contribution in [2.75, 3.05) is 13.1 Å². The van der Waals surface area contributed by atoms with E-state index >= 15 is 0 Å². The molecular weight excluding hydrogens is 154 g/mol. The van der Waals surface area contributed by atoms with Crippen molar-refractivity contribution in [3.05, 3.63) is 0 Å². The zero-order chi connectivity index (χ0) is 9.56. The van der Waals surface area contributed by atoms with Gasteiger partial charge in [-0.3, -0.25) is 4.79 Å². The van der Waals surface area contributed by atoms with Crippen molar-refractivity contribution >= 4 is 5.91 Å². The molecule has 0 rings (SSSR count). The molecule has 12 heavy (non-hydrogen) atoms. The number of likely N-dealkylation sites (N-methyl/N-ethyl adjacent to an activating group) is 1. The highest BCUT2D eigenvalue weighted by Crippen LogP contribution is 1.98. The van der Waals surface area contributed by atoms with E-state index < -0.39 is 0 Å². The highest BCUT2D eigenvalue weighted by atomic mass is 16.3. The quantitative estimate of drug-likeness (QED) is 0.674. The van der Waals surface area contributed by atoms with Gasteiger partial charge in [0, 0.05) is 19.5 Å². The molecule has 0 radical (unpaired) electrons. The molecule has 0 aromatic rings. The van der Waals surface area contributed by atoms with Gasteiger partial charge in [0.05, 0.1) is 6.10 Å². The van der Waals surface area contributed by atoms with Gasteiger partial charge in [-0.15, -0.1) is 0 Å². The van der Waals surface area contributed by atoms with Crippen molar-refractivity contribution in [2.45, 2.75) is 39.7 Å². The van der Waals surface area contributed by atoms with Crippen molar-refractivity contribution in [2.24, 2.45) is 0 Å². The van der Waals surface area contributed by atoms with E-state index in [9.17, 15) is 9.90 Å². The summed E-state index contributed by atoms with van der Waals surface area (Å²) in [7, 11) is 0. The zero-order valence-corrected chi connectivity index (χ0v) is 8.21. The molecule has 3 heteroatoms. The maximum absolute atomic E-state index is 11.2.